The predicted octanol–water partition coefficient (Wildman–Crippen LogP) is 6.84. The number of carbonyl (C=O) groups excluding carboxylic acids is 1. The summed E-state index contributed by atoms with van der Waals surface area (Å²) in [7, 11) is -7.99. The van der Waals surface area contributed by atoms with Crippen LogP contribution in [0.2, 0.25) is 0 Å². The summed E-state index contributed by atoms with van der Waals surface area (Å²) in [6, 6.07) is 18.8. The third-order valence-corrected chi connectivity index (χ3v) is 13.3. The fraction of sp³-hybridized carbons (Fsp3) is 0.372. The van der Waals surface area contributed by atoms with Crippen LogP contribution < -0.4 is 14.8 Å². The van der Waals surface area contributed by atoms with Crippen molar-refractivity contribution < 1.29 is 55.6 Å². The molecule has 19 heteroatoms. The Morgan fingerprint density at radius 1 is 0.581 bits per heavy atom. The maximum absolute atomic E-state index is 13.5. The molecule has 4 aromatic carbocycles. The molecule has 0 saturated carbocycles. The molecule has 2 aliphatic heterocycles. The number of nitrogens with zero attached hydrogens (tertiary/aromatic N) is 3. The second kappa shape index (κ2) is 20.3. The van der Waals surface area contributed by atoms with E-state index in [1.54, 1.807) is 45.0 Å². The smallest absolute Gasteiger partial charge is 0.410 e. The maximum atomic E-state index is 13.5. The number of hydrogen-bond donors (Lipinski definition) is 3. The molecule has 336 valence electrons. The van der Waals surface area contributed by atoms with Crippen molar-refractivity contribution in [3.8, 4) is 23.0 Å². The summed E-state index contributed by atoms with van der Waals surface area (Å²) < 4.78 is 73.0. The predicted molar refractivity (Wildman–Crippen MR) is 234 cm³/mol. The number of ether oxygens (including phenoxy) is 3. The van der Waals surface area contributed by atoms with E-state index in [1.165, 1.54) is 37.8 Å². The van der Waals surface area contributed by atoms with Gasteiger partial charge in [-0.15, -0.1) is 12.4 Å². The Labute approximate surface area is 368 Å². The number of aryl methyl sites for hydroxylation is 4. The molecule has 0 unspecified atom stereocenters. The Morgan fingerprint density at radius 3 is 1.31 bits per heavy atom. The summed E-state index contributed by atoms with van der Waals surface area (Å²) in [5.41, 5.74) is 2.94. The van der Waals surface area contributed by atoms with Crippen LogP contribution in [0.5, 0.6) is 23.0 Å². The molecule has 1 amide bonds. The van der Waals surface area contributed by atoms with Gasteiger partial charge in [0.05, 0.1) is 11.1 Å². The van der Waals surface area contributed by atoms with Crippen LogP contribution in [0, 0.1) is 27.7 Å². The molecule has 0 bridgehead atoms. The van der Waals surface area contributed by atoms with Crippen molar-refractivity contribution in [2.45, 2.75) is 63.9 Å². The first-order chi connectivity index (χ1) is 28.5. The lowest BCUT2D eigenvalue weighted by atomic mass is 10.1. The van der Waals surface area contributed by atoms with Gasteiger partial charge in [-0.2, -0.15) is 8.61 Å². The number of hydrogen-bond acceptors (Lipinski definition) is 11. The van der Waals surface area contributed by atoms with Gasteiger partial charge < -0.3 is 34.6 Å². The van der Waals surface area contributed by atoms with Crippen LogP contribution in [0.3, 0.4) is 0 Å². The monoisotopic (exact) mass is 916 g/mol. The lowest BCUT2D eigenvalue weighted by molar-refractivity contribution is 0.0192. The summed E-state index contributed by atoms with van der Waals surface area (Å²) in [6.07, 6.45) is -0.503. The van der Waals surface area contributed by atoms with E-state index in [-0.39, 0.29) is 71.0 Å². The molecule has 0 aliphatic carbocycles. The first-order valence-corrected chi connectivity index (χ1v) is 22.4. The number of rotatable bonds is 10. The zero-order valence-electron chi connectivity index (χ0n) is 35.6. The molecular formula is C43H53ClN4O12S2. The lowest BCUT2D eigenvalue weighted by Gasteiger charge is -2.35. The van der Waals surface area contributed by atoms with Gasteiger partial charge in [-0.25, -0.2) is 31.2 Å². The minimum absolute atomic E-state index is 0. The fourth-order valence-electron chi connectivity index (χ4n) is 6.69. The van der Waals surface area contributed by atoms with E-state index < -0.39 is 43.7 Å². The highest BCUT2D eigenvalue weighted by molar-refractivity contribution is 7.89. The van der Waals surface area contributed by atoms with Gasteiger partial charge in [0.15, 0.2) is 0 Å². The maximum Gasteiger partial charge on any atom is 0.410 e. The Balaban J connectivity index is 0.000000275. The molecule has 0 aromatic heterocycles. The summed E-state index contributed by atoms with van der Waals surface area (Å²) in [5.74, 6) is -1.33. The number of carboxylic acid groups (broad SMARTS) is 2. The van der Waals surface area contributed by atoms with Crippen molar-refractivity contribution in [2.24, 2.45) is 0 Å². The van der Waals surface area contributed by atoms with Crippen LogP contribution in [-0.2, 0) is 24.8 Å². The molecule has 0 radical (unpaired) electrons. The number of piperazine rings is 2. The first-order valence-electron chi connectivity index (χ1n) is 19.5. The first kappa shape index (κ1) is 49.4. The molecule has 0 spiro atoms. The van der Waals surface area contributed by atoms with E-state index in [9.17, 15) is 41.4 Å². The van der Waals surface area contributed by atoms with Crippen molar-refractivity contribution in [2.75, 3.05) is 52.4 Å². The molecule has 2 fully saturated rings. The highest BCUT2D eigenvalue weighted by Crippen LogP contribution is 2.35. The van der Waals surface area contributed by atoms with Gasteiger partial charge in [0.2, 0.25) is 20.0 Å². The highest BCUT2D eigenvalue weighted by atomic mass is 35.5. The van der Waals surface area contributed by atoms with Gasteiger partial charge >= 0.3 is 18.0 Å². The van der Waals surface area contributed by atoms with E-state index in [0.717, 1.165) is 34.4 Å². The molecule has 2 saturated heterocycles. The van der Waals surface area contributed by atoms with Crippen molar-refractivity contribution in [3.63, 3.8) is 0 Å². The number of benzene rings is 4. The third-order valence-electron chi connectivity index (χ3n) is 9.43. The van der Waals surface area contributed by atoms with Crippen LogP contribution in [0.4, 0.5) is 4.79 Å². The van der Waals surface area contributed by atoms with E-state index in [0.29, 0.717) is 37.7 Å². The summed E-state index contributed by atoms with van der Waals surface area (Å²) >= 11 is 0. The van der Waals surface area contributed by atoms with Crippen molar-refractivity contribution in [3.05, 3.63) is 106 Å². The number of nitrogens with one attached hydrogen (secondary N) is 1. The quantitative estimate of drug-likeness (QED) is 0.149. The number of halogens is 1. The summed E-state index contributed by atoms with van der Waals surface area (Å²) in [5, 5.41) is 21.8. The average Bonchev–Trinajstić information content (AvgIpc) is 3.17. The van der Waals surface area contributed by atoms with Crippen LogP contribution in [-0.4, -0.2) is 117 Å². The highest BCUT2D eigenvalue weighted by Gasteiger charge is 2.35. The summed E-state index contributed by atoms with van der Waals surface area (Å²) in [6.45, 7) is 15.1. The molecule has 4 aromatic rings. The van der Waals surface area contributed by atoms with Crippen molar-refractivity contribution in [1.29, 1.82) is 0 Å². The van der Waals surface area contributed by atoms with Gasteiger partial charge in [0.1, 0.15) is 38.4 Å². The molecular weight excluding hydrogens is 864 g/mol. The number of amides is 1. The Morgan fingerprint density at radius 2 is 0.952 bits per heavy atom. The zero-order valence-corrected chi connectivity index (χ0v) is 38.1. The normalized spacial score (nSPS) is 15.0. The van der Waals surface area contributed by atoms with Gasteiger partial charge in [-0.1, -0.05) is 12.1 Å². The van der Waals surface area contributed by atoms with Gasteiger partial charge in [-0.05, 0) is 131 Å². The minimum atomic E-state index is -4.11. The molecule has 62 heavy (non-hydrogen) atoms. The molecule has 16 nitrogen and oxygen atoms in total. The fourth-order valence-corrected chi connectivity index (χ4v) is 9.84. The molecule has 6 rings (SSSR count). The van der Waals surface area contributed by atoms with Crippen molar-refractivity contribution >= 4 is 50.5 Å². The second-order valence-corrected chi connectivity index (χ2v) is 19.6. The molecule has 2 aliphatic rings. The van der Waals surface area contributed by atoms with Gasteiger partial charge in [0, 0.05) is 52.4 Å². The Bertz CT molecular complexity index is 2470. The number of sulfonamides is 2. The van der Waals surface area contributed by atoms with Gasteiger partial charge in [-0.3, -0.25) is 0 Å². The third kappa shape index (κ3) is 12.7. The number of aromatic carboxylic acids is 2. The van der Waals surface area contributed by atoms with Crippen LogP contribution in [0.15, 0.2) is 82.6 Å². The topological polar surface area (TPSA) is 209 Å². The van der Waals surface area contributed by atoms with E-state index in [1.807, 2.05) is 39.8 Å². The van der Waals surface area contributed by atoms with Crippen molar-refractivity contribution in [1.82, 2.24) is 18.8 Å². The number of carboxylic acids is 2. The van der Waals surface area contributed by atoms with E-state index >= 15 is 0 Å². The largest absolute Gasteiger partial charge is 0.478 e. The number of carbonyl (C=O) groups is 3. The van der Waals surface area contributed by atoms with Gasteiger partial charge in [0.25, 0.3) is 0 Å². The molecule has 2 heterocycles. The van der Waals surface area contributed by atoms with E-state index in [2.05, 4.69) is 5.32 Å². The van der Waals surface area contributed by atoms with Crippen LogP contribution in [0.25, 0.3) is 0 Å². The standard InChI is InChI=1S/C24H30N2O7S.C19H22N2O5S.ClH/c1-16-12-17(2)14-19(13-16)32-20-7-6-18(22(27)28)15-21(20)34(30,31)26-10-8-25(9-11-26)23(29)33-24(3,4)5;1-13-9-14(2)11-16(10-13)26-17-4-3-15(19(22)23)12-18(17)27(24,25)21-7-5-20-6-8-21;/h6-7,12-15H,8-11H2,1-5H3,(H,27,28);3-4,9-12,20H,5-8H2,1-2H3,(H,22,23);1H. The second-order valence-electron chi connectivity index (χ2n) is 15.8. The zero-order chi connectivity index (χ0) is 44.9. The van der Waals surface area contributed by atoms with Crippen LogP contribution >= 0.6 is 12.4 Å². The summed E-state index contributed by atoms with van der Waals surface area (Å²) in [4.78, 5) is 36.3. The Kier molecular flexibility index (Phi) is 16.2. The lowest BCUT2D eigenvalue weighted by Crippen LogP contribution is -2.51. The molecule has 0 atom stereocenters. The Hall–Kier alpha value is -5.24. The minimum Gasteiger partial charge on any atom is -0.478 e. The molecule has 3 N–H and O–H groups in total. The van der Waals surface area contributed by atoms with E-state index in [4.69, 9.17) is 14.2 Å². The van der Waals surface area contributed by atoms with Crippen LogP contribution in [0.1, 0.15) is 63.7 Å². The SMILES string of the molecule is Cc1cc(C)cc(Oc2ccc(C(=O)O)cc2S(=O)(=O)N2CCN(C(=O)OC(C)(C)C)CC2)c1.Cc1cc(C)cc(Oc2ccc(C(=O)O)cc2S(=O)(=O)N2CCNCC2)c1.Cl. The average molecular weight is 918 g/mol.